The Balaban J connectivity index is 2.17. The number of halogens is 2. The average Bonchev–Trinajstić information content (AvgIpc) is 2.29. The molecule has 0 spiro atoms. The van der Waals surface area contributed by atoms with Gasteiger partial charge in [-0.25, -0.2) is 4.39 Å². The van der Waals surface area contributed by atoms with Gasteiger partial charge in [0.05, 0.1) is 18.1 Å². The van der Waals surface area contributed by atoms with Crippen LogP contribution in [-0.2, 0) is 0 Å². The van der Waals surface area contributed by atoms with Crippen molar-refractivity contribution in [1.82, 2.24) is 4.98 Å². The van der Waals surface area contributed by atoms with Crippen LogP contribution in [0.1, 0.15) is 10.4 Å². The number of amides is 1. The van der Waals surface area contributed by atoms with Crippen molar-refractivity contribution < 1.29 is 9.18 Å². The molecule has 1 aromatic carbocycles. The quantitative estimate of drug-likeness (QED) is 0.890. The molecule has 0 saturated carbocycles. The first-order chi connectivity index (χ1) is 8.15. The summed E-state index contributed by atoms with van der Waals surface area (Å²) in [6, 6.07) is 7.68. The van der Waals surface area contributed by atoms with Gasteiger partial charge in [0.1, 0.15) is 5.82 Å². The van der Waals surface area contributed by atoms with E-state index in [9.17, 15) is 9.18 Å². The highest BCUT2D eigenvalue weighted by atomic mass is 35.5. The number of anilines is 1. The van der Waals surface area contributed by atoms with E-state index < -0.39 is 5.82 Å². The summed E-state index contributed by atoms with van der Waals surface area (Å²) >= 11 is 5.76. The lowest BCUT2D eigenvalue weighted by atomic mass is 10.2. The van der Waals surface area contributed by atoms with Crippen molar-refractivity contribution in [3.05, 3.63) is 59.1 Å². The van der Waals surface area contributed by atoms with Crippen molar-refractivity contribution in [2.75, 3.05) is 5.32 Å². The van der Waals surface area contributed by atoms with Crippen molar-refractivity contribution in [2.24, 2.45) is 0 Å². The Hall–Kier alpha value is -1.94. The highest BCUT2D eigenvalue weighted by molar-refractivity contribution is 6.31. The Labute approximate surface area is 102 Å². The third-order valence-electron chi connectivity index (χ3n) is 2.05. The van der Waals surface area contributed by atoms with E-state index in [0.29, 0.717) is 16.3 Å². The maximum atomic E-state index is 12.8. The highest BCUT2D eigenvalue weighted by Crippen LogP contribution is 2.13. The molecule has 1 amide bonds. The number of carbonyl (C=O) groups excluding carboxylic acids is 1. The molecule has 0 unspecified atom stereocenters. The predicted octanol–water partition coefficient (Wildman–Crippen LogP) is 3.13. The third-order valence-corrected chi connectivity index (χ3v) is 2.28. The van der Waals surface area contributed by atoms with E-state index in [1.54, 1.807) is 18.2 Å². The lowest BCUT2D eigenvalue weighted by Crippen LogP contribution is -2.12. The third kappa shape index (κ3) is 3.01. The summed E-state index contributed by atoms with van der Waals surface area (Å²) in [6.45, 7) is 0. The van der Waals surface area contributed by atoms with Crippen molar-refractivity contribution in [1.29, 1.82) is 0 Å². The highest BCUT2D eigenvalue weighted by Gasteiger charge is 2.06. The van der Waals surface area contributed by atoms with Crippen LogP contribution in [-0.4, -0.2) is 10.9 Å². The summed E-state index contributed by atoms with van der Waals surface area (Å²) in [4.78, 5) is 15.4. The van der Waals surface area contributed by atoms with Gasteiger partial charge in [-0.05, 0) is 18.2 Å². The molecular weight excluding hydrogens is 243 g/mol. The standard InChI is InChI=1S/C12H8ClFN2O/c13-9-3-1-2-8(4-9)12(17)16-11-5-10(14)6-15-7-11/h1-7H,(H,16,17). The number of benzene rings is 1. The van der Waals surface area contributed by atoms with Crippen LogP contribution in [0, 0.1) is 5.82 Å². The molecule has 0 aliphatic heterocycles. The van der Waals surface area contributed by atoms with Crippen molar-refractivity contribution >= 4 is 23.2 Å². The van der Waals surface area contributed by atoms with Crippen molar-refractivity contribution in [3.63, 3.8) is 0 Å². The Kier molecular flexibility index (Phi) is 3.35. The van der Waals surface area contributed by atoms with Crippen LogP contribution in [0.4, 0.5) is 10.1 Å². The van der Waals surface area contributed by atoms with E-state index in [-0.39, 0.29) is 5.91 Å². The zero-order valence-corrected chi connectivity index (χ0v) is 9.41. The number of aromatic nitrogens is 1. The maximum Gasteiger partial charge on any atom is 0.255 e. The fourth-order valence-electron chi connectivity index (χ4n) is 1.31. The van der Waals surface area contributed by atoms with Crippen LogP contribution in [0.3, 0.4) is 0 Å². The number of nitrogens with one attached hydrogen (secondary N) is 1. The summed E-state index contributed by atoms with van der Waals surface area (Å²) in [5, 5.41) is 2.99. The van der Waals surface area contributed by atoms with Crippen molar-refractivity contribution in [3.8, 4) is 0 Å². The summed E-state index contributed by atoms with van der Waals surface area (Å²) < 4.78 is 12.8. The van der Waals surface area contributed by atoms with Gasteiger partial charge in [-0.3, -0.25) is 9.78 Å². The lowest BCUT2D eigenvalue weighted by Gasteiger charge is -2.04. The molecule has 1 aromatic heterocycles. The topological polar surface area (TPSA) is 42.0 Å². The van der Waals surface area contributed by atoms with Crippen LogP contribution < -0.4 is 5.32 Å². The van der Waals surface area contributed by atoms with Gasteiger partial charge in [-0.2, -0.15) is 0 Å². The van der Waals surface area contributed by atoms with Gasteiger partial charge in [0, 0.05) is 16.7 Å². The fourth-order valence-corrected chi connectivity index (χ4v) is 1.50. The van der Waals surface area contributed by atoms with Gasteiger partial charge in [0.2, 0.25) is 0 Å². The largest absolute Gasteiger partial charge is 0.320 e. The summed E-state index contributed by atoms with van der Waals surface area (Å²) in [7, 11) is 0. The minimum atomic E-state index is -0.506. The van der Waals surface area contributed by atoms with Crippen LogP contribution >= 0.6 is 11.6 Å². The molecule has 0 fully saturated rings. The molecule has 0 aliphatic carbocycles. The molecule has 17 heavy (non-hydrogen) atoms. The van der Waals surface area contributed by atoms with E-state index in [2.05, 4.69) is 10.3 Å². The minimum Gasteiger partial charge on any atom is -0.320 e. The van der Waals surface area contributed by atoms with E-state index in [1.807, 2.05) is 0 Å². The normalized spacial score (nSPS) is 10.0. The molecule has 3 nitrogen and oxygen atoms in total. The molecule has 0 saturated heterocycles. The average molecular weight is 251 g/mol. The zero-order chi connectivity index (χ0) is 12.3. The molecule has 86 valence electrons. The molecule has 0 aliphatic rings. The number of hydrogen-bond acceptors (Lipinski definition) is 2. The number of pyridine rings is 1. The lowest BCUT2D eigenvalue weighted by molar-refractivity contribution is 0.102. The van der Waals surface area contributed by atoms with Crippen molar-refractivity contribution in [2.45, 2.75) is 0 Å². The van der Waals surface area contributed by atoms with E-state index >= 15 is 0 Å². The Bertz CT molecular complexity index is 560. The SMILES string of the molecule is O=C(Nc1cncc(F)c1)c1cccc(Cl)c1. The monoisotopic (exact) mass is 250 g/mol. The molecule has 1 N–H and O–H groups in total. The van der Waals surface area contributed by atoms with Crippen LogP contribution in [0.25, 0.3) is 0 Å². The molecule has 0 atom stereocenters. The van der Waals surface area contributed by atoms with Crippen LogP contribution in [0.15, 0.2) is 42.7 Å². The van der Waals surface area contributed by atoms with Gasteiger partial charge in [0.25, 0.3) is 5.91 Å². The smallest absolute Gasteiger partial charge is 0.255 e. The first kappa shape index (κ1) is 11.5. The molecule has 0 bridgehead atoms. The molecule has 1 heterocycles. The summed E-state index contributed by atoms with van der Waals surface area (Å²) in [5.41, 5.74) is 0.705. The Morgan fingerprint density at radius 1 is 1.29 bits per heavy atom. The minimum absolute atomic E-state index is 0.301. The number of carbonyl (C=O) groups is 1. The molecule has 5 heteroatoms. The van der Waals surface area contributed by atoms with Gasteiger partial charge < -0.3 is 5.32 Å². The first-order valence-corrected chi connectivity index (χ1v) is 5.20. The molecular formula is C12H8ClFN2O. The second-order valence-corrected chi connectivity index (χ2v) is 3.79. The van der Waals surface area contributed by atoms with E-state index in [4.69, 9.17) is 11.6 Å². The van der Waals surface area contributed by atoms with Gasteiger partial charge in [0.15, 0.2) is 0 Å². The van der Waals surface area contributed by atoms with Gasteiger partial charge in [-0.1, -0.05) is 17.7 Å². The van der Waals surface area contributed by atoms with E-state index in [1.165, 1.54) is 18.3 Å². The summed E-state index contributed by atoms with van der Waals surface area (Å²) in [5.74, 6) is -0.867. The van der Waals surface area contributed by atoms with Gasteiger partial charge >= 0.3 is 0 Å². The maximum absolute atomic E-state index is 12.8. The Morgan fingerprint density at radius 2 is 2.12 bits per heavy atom. The fraction of sp³-hybridized carbons (Fsp3) is 0. The number of hydrogen-bond donors (Lipinski definition) is 1. The van der Waals surface area contributed by atoms with Gasteiger partial charge in [-0.15, -0.1) is 0 Å². The predicted molar refractivity (Wildman–Crippen MR) is 63.6 cm³/mol. The Morgan fingerprint density at radius 3 is 2.82 bits per heavy atom. The van der Waals surface area contributed by atoms with E-state index in [0.717, 1.165) is 6.20 Å². The number of rotatable bonds is 2. The zero-order valence-electron chi connectivity index (χ0n) is 8.65. The number of nitrogens with zero attached hydrogens (tertiary/aromatic N) is 1. The summed E-state index contributed by atoms with van der Waals surface area (Å²) in [6.07, 6.45) is 2.43. The molecule has 0 radical (unpaired) electrons. The van der Waals surface area contributed by atoms with Crippen LogP contribution in [0.2, 0.25) is 5.02 Å². The molecule has 2 aromatic rings. The molecule has 2 rings (SSSR count). The second-order valence-electron chi connectivity index (χ2n) is 3.36. The first-order valence-electron chi connectivity index (χ1n) is 4.82. The second kappa shape index (κ2) is 4.93. The van der Waals surface area contributed by atoms with Crippen LogP contribution in [0.5, 0.6) is 0 Å².